The van der Waals surface area contributed by atoms with E-state index in [0.29, 0.717) is 25.1 Å². The van der Waals surface area contributed by atoms with Gasteiger partial charge in [-0.2, -0.15) is 0 Å². The quantitative estimate of drug-likeness (QED) is 0.892. The van der Waals surface area contributed by atoms with E-state index in [1.807, 2.05) is 6.07 Å². The summed E-state index contributed by atoms with van der Waals surface area (Å²) in [7, 11) is 0. The summed E-state index contributed by atoms with van der Waals surface area (Å²) in [5, 5.41) is 6.02. The molecule has 0 aromatic heterocycles. The molecule has 5 heteroatoms. The van der Waals surface area contributed by atoms with Gasteiger partial charge >= 0.3 is 0 Å². The highest BCUT2D eigenvalue weighted by atomic mass is 79.9. The largest absolute Gasteiger partial charge is 0.352 e. The standard InChI is InChI=1S/C12H14BrFN2O/c13-9-2-1-8(11(14)5-9)6-15-7-10-3-4-12(17)16-10/h1-2,5,10,15H,3-4,6-7H2,(H,16,17). The van der Waals surface area contributed by atoms with Gasteiger partial charge in [-0.1, -0.05) is 22.0 Å². The van der Waals surface area contributed by atoms with Gasteiger partial charge in [-0.3, -0.25) is 4.79 Å². The van der Waals surface area contributed by atoms with E-state index in [1.54, 1.807) is 6.07 Å². The van der Waals surface area contributed by atoms with Crippen LogP contribution in [0.15, 0.2) is 22.7 Å². The molecule has 0 spiro atoms. The first kappa shape index (κ1) is 12.5. The highest BCUT2D eigenvalue weighted by molar-refractivity contribution is 9.10. The number of halogens is 2. The zero-order chi connectivity index (χ0) is 12.3. The Morgan fingerprint density at radius 2 is 2.35 bits per heavy atom. The van der Waals surface area contributed by atoms with Crippen LogP contribution in [0.25, 0.3) is 0 Å². The van der Waals surface area contributed by atoms with Crippen LogP contribution < -0.4 is 10.6 Å². The minimum atomic E-state index is -0.220. The maximum atomic E-state index is 13.5. The fourth-order valence-corrected chi connectivity index (χ4v) is 2.21. The van der Waals surface area contributed by atoms with Gasteiger partial charge < -0.3 is 10.6 Å². The number of amides is 1. The predicted octanol–water partition coefficient (Wildman–Crippen LogP) is 1.96. The molecule has 3 nitrogen and oxygen atoms in total. The third-order valence-electron chi connectivity index (χ3n) is 2.81. The summed E-state index contributed by atoms with van der Waals surface area (Å²) in [4.78, 5) is 11.0. The normalized spacial score (nSPS) is 19.4. The molecule has 0 saturated carbocycles. The van der Waals surface area contributed by atoms with Gasteiger partial charge in [0, 0.05) is 35.6 Å². The number of carbonyl (C=O) groups excluding carboxylic acids is 1. The molecule has 0 aliphatic carbocycles. The highest BCUT2D eigenvalue weighted by Crippen LogP contribution is 2.15. The Kier molecular flexibility index (Phi) is 4.12. The molecular formula is C12H14BrFN2O. The molecule has 1 fully saturated rings. The SMILES string of the molecule is O=C1CCC(CNCc2ccc(Br)cc2F)N1. The third-order valence-corrected chi connectivity index (χ3v) is 3.30. The lowest BCUT2D eigenvalue weighted by Gasteiger charge is -2.11. The first-order valence-electron chi connectivity index (χ1n) is 5.59. The van der Waals surface area contributed by atoms with Crippen LogP contribution >= 0.6 is 15.9 Å². The van der Waals surface area contributed by atoms with Crippen molar-refractivity contribution >= 4 is 21.8 Å². The zero-order valence-corrected chi connectivity index (χ0v) is 10.9. The molecule has 1 aliphatic rings. The second-order valence-electron chi connectivity index (χ2n) is 4.17. The van der Waals surface area contributed by atoms with Gasteiger partial charge in [0.25, 0.3) is 0 Å². The van der Waals surface area contributed by atoms with Gasteiger partial charge in [0.15, 0.2) is 0 Å². The van der Waals surface area contributed by atoms with Crippen molar-refractivity contribution < 1.29 is 9.18 Å². The minimum absolute atomic E-state index is 0.103. The molecule has 0 radical (unpaired) electrons. The maximum Gasteiger partial charge on any atom is 0.220 e. The molecule has 2 rings (SSSR count). The Bertz CT molecular complexity index is 425. The van der Waals surface area contributed by atoms with E-state index >= 15 is 0 Å². The van der Waals surface area contributed by atoms with Crippen molar-refractivity contribution in [2.45, 2.75) is 25.4 Å². The summed E-state index contributed by atoms with van der Waals surface area (Å²) in [6.07, 6.45) is 1.45. The molecule has 1 amide bonds. The van der Waals surface area contributed by atoms with Crippen LogP contribution in [0.5, 0.6) is 0 Å². The number of rotatable bonds is 4. The molecule has 1 aliphatic heterocycles. The van der Waals surface area contributed by atoms with E-state index in [-0.39, 0.29) is 17.8 Å². The second-order valence-corrected chi connectivity index (χ2v) is 5.09. The molecule has 1 saturated heterocycles. The van der Waals surface area contributed by atoms with Gasteiger partial charge in [-0.15, -0.1) is 0 Å². The van der Waals surface area contributed by atoms with Crippen molar-refractivity contribution in [3.05, 3.63) is 34.1 Å². The molecular weight excluding hydrogens is 287 g/mol. The van der Waals surface area contributed by atoms with Gasteiger partial charge in [0.2, 0.25) is 5.91 Å². The van der Waals surface area contributed by atoms with E-state index in [1.165, 1.54) is 6.07 Å². The Hall–Kier alpha value is -0.940. The summed E-state index contributed by atoms with van der Waals surface area (Å²) in [5.74, 6) is -0.117. The summed E-state index contributed by atoms with van der Waals surface area (Å²) >= 11 is 3.22. The van der Waals surface area contributed by atoms with Crippen LogP contribution in [0.1, 0.15) is 18.4 Å². The number of carbonyl (C=O) groups is 1. The molecule has 92 valence electrons. The van der Waals surface area contributed by atoms with Gasteiger partial charge in [0.05, 0.1) is 0 Å². The van der Waals surface area contributed by atoms with Crippen molar-refractivity contribution in [3.8, 4) is 0 Å². The van der Waals surface area contributed by atoms with Crippen molar-refractivity contribution in [2.75, 3.05) is 6.54 Å². The van der Waals surface area contributed by atoms with E-state index in [0.717, 1.165) is 10.9 Å². The summed E-state index contributed by atoms with van der Waals surface area (Å²) in [6.45, 7) is 1.16. The Balaban J connectivity index is 1.80. The maximum absolute atomic E-state index is 13.5. The lowest BCUT2D eigenvalue weighted by atomic mass is 10.2. The molecule has 1 aromatic carbocycles. The van der Waals surface area contributed by atoms with Crippen LogP contribution in [-0.2, 0) is 11.3 Å². The van der Waals surface area contributed by atoms with Gasteiger partial charge in [-0.05, 0) is 18.6 Å². The average Bonchev–Trinajstić information content (AvgIpc) is 2.68. The van der Waals surface area contributed by atoms with E-state index in [9.17, 15) is 9.18 Å². The Labute approximate surface area is 108 Å². The fraction of sp³-hybridized carbons (Fsp3) is 0.417. The monoisotopic (exact) mass is 300 g/mol. The third kappa shape index (κ3) is 3.51. The molecule has 17 heavy (non-hydrogen) atoms. The van der Waals surface area contributed by atoms with Crippen LogP contribution in [0.4, 0.5) is 4.39 Å². The fourth-order valence-electron chi connectivity index (χ4n) is 1.88. The smallest absolute Gasteiger partial charge is 0.220 e. The molecule has 1 atom stereocenters. The summed E-state index contributed by atoms with van der Waals surface area (Å²) in [5.41, 5.74) is 0.637. The highest BCUT2D eigenvalue weighted by Gasteiger charge is 2.19. The molecule has 1 unspecified atom stereocenters. The number of nitrogens with one attached hydrogen (secondary N) is 2. The van der Waals surface area contributed by atoms with Crippen LogP contribution in [0.2, 0.25) is 0 Å². The van der Waals surface area contributed by atoms with Crippen LogP contribution in [0, 0.1) is 5.82 Å². The van der Waals surface area contributed by atoms with Gasteiger partial charge in [-0.25, -0.2) is 4.39 Å². The minimum Gasteiger partial charge on any atom is -0.352 e. The molecule has 1 aromatic rings. The zero-order valence-electron chi connectivity index (χ0n) is 9.30. The summed E-state index contributed by atoms with van der Waals surface area (Å²) < 4.78 is 14.2. The second kappa shape index (κ2) is 5.60. The van der Waals surface area contributed by atoms with Crippen LogP contribution in [-0.4, -0.2) is 18.5 Å². The number of benzene rings is 1. The van der Waals surface area contributed by atoms with Crippen LogP contribution in [0.3, 0.4) is 0 Å². The van der Waals surface area contributed by atoms with Crippen molar-refractivity contribution in [1.29, 1.82) is 0 Å². The molecule has 0 bridgehead atoms. The average molecular weight is 301 g/mol. The van der Waals surface area contributed by atoms with Crippen molar-refractivity contribution in [2.24, 2.45) is 0 Å². The first-order valence-corrected chi connectivity index (χ1v) is 6.38. The molecule has 2 N–H and O–H groups in total. The lowest BCUT2D eigenvalue weighted by Crippen LogP contribution is -2.35. The van der Waals surface area contributed by atoms with E-state index < -0.39 is 0 Å². The molecule has 1 heterocycles. The van der Waals surface area contributed by atoms with Crippen molar-refractivity contribution in [3.63, 3.8) is 0 Å². The topological polar surface area (TPSA) is 41.1 Å². The van der Waals surface area contributed by atoms with E-state index in [4.69, 9.17) is 0 Å². The Morgan fingerprint density at radius 3 is 3.00 bits per heavy atom. The summed E-state index contributed by atoms with van der Waals surface area (Å²) in [6, 6.07) is 5.20. The predicted molar refractivity (Wildman–Crippen MR) is 67.0 cm³/mol. The van der Waals surface area contributed by atoms with E-state index in [2.05, 4.69) is 26.6 Å². The number of hydrogen-bond donors (Lipinski definition) is 2. The van der Waals surface area contributed by atoms with Crippen molar-refractivity contribution in [1.82, 2.24) is 10.6 Å². The van der Waals surface area contributed by atoms with Gasteiger partial charge in [0.1, 0.15) is 5.82 Å². The Morgan fingerprint density at radius 1 is 1.53 bits per heavy atom. The first-order chi connectivity index (χ1) is 8.15. The number of hydrogen-bond acceptors (Lipinski definition) is 2. The lowest BCUT2D eigenvalue weighted by molar-refractivity contribution is -0.119.